The van der Waals surface area contributed by atoms with Crippen molar-refractivity contribution in [2.24, 2.45) is 0 Å². The van der Waals surface area contributed by atoms with Gasteiger partial charge in [-0.2, -0.15) is 17.9 Å². The summed E-state index contributed by atoms with van der Waals surface area (Å²) in [7, 11) is -4.49. The van der Waals surface area contributed by atoms with Crippen LogP contribution in [0.3, 0.4) is 0 Å². The van der Waals surface area contributed by atoms with Gasteiger partial charge in [-0.25, -0.2) is 13.4 Å². The first-order valence-electron chi connectivity index (χ1n) is 11.3. The number of nitrogens with zero attached hydrogens (tertiary/aromatic N) is 1. The van der Waals surface area contributed by atoms with Crippen molar-refractivity contribution in [2.75, 3.05) is 6.54 Å². The Kier molecular flexibility index (Phi) is 8.13. The smallest absolute Gasteiger partial charge is 0.389 e. The molecular weight excluding hydrogens is 515 g/mol. The summed E-state index contributed by atoms with van der Waals surface area (Å²) in [4.78, 5) is 17.6. The molecule has 36 heavy (non-hydrogen) atoms. The number of sulfonamides is 1. The number of fused-ring (bicyclic) bond motifs is 1. The molecule has 3 rings (SSSR count). The van der Waals surface area contributed by atoms with Gasteiger partial charge in [-0.15, -0.1) is 11.3 Å². The fourth-order valence-corrected chi connectivity index (χ4v) is 6.01. The van der Waals surface area contributed by atoms with Crippen molar-refractivity contribution in [1.82, 2.24) is 15.0 Å². The summed E-state index contributed by atoms with van der Waals surface area (Å²) < 4.78 is 66.5. The van der Waals surface area contributed by atoms with Gasteiger partial charge >= 0.3 is 6.18 Å². The third-order valence-corrected chi connectivity index (χ3v) is 8.03. The third-order valence-electron chi connectivity index (χ3n) is 5.30. The fraction of sp³-hybridized carbons (Fsp3) is 0.417. The van der Waals surface area contributed by atoms with Crippen molar-refractivity contribution >= 4 is 38.0 Å². The lowest BCUT2D eigenvalue weighted by Gasteiger charge is -2.18. The highest BCUT2D eigenvalue weighted by atomic mass is 32.2. The summed E-state index contributed by atoms with van der Waals surface area (Å²) >= 11 is 1.13. The Morgan fingerprint density at radius 3 is 2.36 bits per heavy atom. The average molecular weight is 544 g/mol. The van der Waals surface area contributed by atoms with Crippen LogP contribution in [0, 0.1) is 0 Å². The Bertz CT molecular complexity index is 1360. The Labute approximate surface area is 211 Å². The van der Waals surface area contributed by atoms with E-state index >= 15 is 0 Å². The lowest BCUT2D eigenvalue weighted by Crippen LogP contribution is -2.43. The molecule has 0 aliphatic carbocycles. The molecule has 2 aromatic carbocycles. The zero-order chi connectivity index (χ0) is 26.9. The van der Waals surface area contributed by atoms with Gasteiger partial charge in [-0.1, -0.05) is 43.7 Å². The van der Waals surface area contributed by atoms with Crippen molar-refractivity contribution in [3.05, 3.63) is 47.1 Å². The number of rotatable bonds is 9. The molecule has 12 heteroatoms. The standard InChI is InChI=1S/C24H28F3N3O4S2/c1-5-8-18-20(35-22(29-18)21(31)28-13-23(3,4)32)17-11-12-19(16-10-7-6-9-15(16)17)36(33,34)30-14(2)24(25,26)27/h6-7,9-12,14,30,32H,5,8,13H2,1-4H3,(H,28,31)/t14-/m0/s1. The van der Waals surface area contributed by atoms with Gasteiger partial charge in [-0.05, 0) is 38.6 Å². The van der Waals surface area contributed by atoms with Crippen molar-refractivity contribution in [3.63, 3.8) is 0 Å². The van der Waals surface area contributed by atoms with Crippen LogP contribution < -0.4 is 10.0 Å². The quantitative estimate of drug-likeness (QED) is 0.364. The van der Waals surface area contributed by atoms with Gasteiger partial charge in [0.2, 0.25) is 10.0 Å². The van der Waals surface area contributed by atoms with E-state index in [1.807, 2.05) is 6.92 Å². The predicted octanol–water partition coefficient (Wildman–Crippen LogP) is 4.65. The highest BCUT2D eigenvalue weighted by molar-refractivity contribution is 7.89. The molecule has 1 aromatic heterocycles. The molecule has 0 spiro atoms. The molecular formula is C24H28F3N3O4S2. The first-order valence-corrected chi connectivity index (χ1v) is 13.6. The second-order valence-corrected chi connectivity index (χ2v) is 11.8. The summed E-state index contributed by atoms with van der Waals surface area (Å²) in [6, 6.07) is 7.05. The van der Waals surface area contributed by atoms with E-state index in [1.54, 1.807) is 36.8 Å². The highest BCUT2D eigenvalue weighted by Gasteiger charge is 2.39. The molecule has 0 fully saturated rings. The van der Waals surface area contributed by atoms with Gasteiger partial charge in [0, 0.05) is 17.5 Å². The van der Waals surface area contributed by atoms with Crippen LogP contribution in [0.4, 0.5) is 13.2 Å². The number of thiazole rings is 1. The zero-order valence-electron chi connectivity index (χ0n) is 20.2. The van der Waals surface area contributed by atoms with Crippen LogP contribution in [-0.4, -0.2) is 48.8 Å². The molecule has 0 aliphatic heterocycles. The number of aromatic nitrogens is 1. The van der Waals surface area contributed by atoms with E-state index in [-0.39, 0.29) is 21.8 Å². The van der Waals surface area contributed by atoms with E-state index in [9.17, 15) is 31.5 Å². The molecule has 0 unspecified atom stereocenters. The molecule has 0 saturated carbocycles. The number of nitrogens with one attached hydrogen (secondary N) is 2. The second kappa shape index (κ2) is 10.4. The van der Waals surface area contributed by atoms with Gasteiger partial charge in [0.1, 0.15) is 6.04 Å². The minimum atomic E-state index is -4.73. The van der Waals surface area contributed by atoms with Crippen molar-refractivity contribution in [2.45, 2.75) is 63.3 Å². The number of carbonyl (C=O) groups is 1. The Morgan fingerprint density at radius 2 is 1.78 bits per heavy atom. The van der Waals surface area contributed by atoms with Gasteiger partial charge in [0.25, 0.3) is 5.91 Å². The van der Waals surface area contributed by atoms with Crippen LogP contribution in [0.2, 0.25) is 0 Å². The monoisotopic (exact) mass is 543 g/mol. The molecule has 0 radical (unpaired) electrons. The van der Waals surface area contributed by atoms with Gasteiger partial charge in [0.05, 0.1) is 21.1 Å². The molecule has 0 saturated heterocycles. The van der Waals surface area contributed by atoms with Crippen molar-refractivity contribution in [3.8, 4) is 10.4 Å². The number of aryl methyl sites for hydroxylation is 1. The van der Waals surface area contributed by atoms with E-state index in [4.69, 9.17) is 0 Å². The van der Waals surface area contributed by atoms with E-state index in [0.717, 1.165) is 24.7 Å². The summed E-state index contributed by atoms with van der Waals surface area (Å²) in [6.07, 6.45) is -3.43. The molecule has 1 heterocycles. The maximum Gasteiger partial charge on any atom is 0.404 e. The number of alkyl halides is 3. The van der Waals surface area contributed by atoms with Crippen LogP contribution in [0.5, 0.6) is 0 Å². The minimum Gasteiger partial charge on any atom is -0.389 e. The molecule has 3 aromatic rings. The molecule has 0 aliphatic rings. The SMILES string of the molecule is CCCc1nc(C(=O)NCC(C)(C)O)sc1-c1ccc(S(=O)(=O)N[C@@H](C)C(F)(F)F)c2ccccc12. The number of halogens is 3. The third kappa shape index (κ3) is 6.41. The summed E-state index contributed by atoms with van der Waals surface area (Å²) in [5.74, 6) is -0.445. The Morgan fingerprint density at radius 1 is 1.14 bits per heavy atom. The first kappa shape index (κ1) is 28.0. The number of carbonyl (C=O) groups excluding carboxylic acids is 1. The molecule has 3 N–H and O–H groups in total. The number of hydrogen-bond acceptors (Lipinski definition) is 6. The van der Waals surface area contributed by atoms with Crippen molar-refractivity contribution in [1.29, 1.82) is 0 Å². The number of aliphatic hydroxyl groups is 1. The summed E-state index contributed by atoms with van der Waals surface area (Å²) in [5.41, 5.74) is 0.174. The van der Waals surface area contributed by atoms with Gasteiger partial charge in [-0.3, -0.25) is 4.79 Å². The van der Waals surface area contributed by atoms with Gasteiger partial charge < -0.3 is 10.4 Å². The average Bonchev–Trinajstić information content (AvgIpc) is 3.19. The predicted molar refractivity (Wildman–Crippen MR) is 134 cm³/mol. The van der Waals surface area contributed by atoms with Crippen LogP contribution in [-0.2, 0) is 16.4 Å². The van der Waals surface area contributed by atoms with E-state index in [2.05, 4.69) is 10.3 Å². The largest absolute Gasteiger partial charge is 0.404 e. The van der Waals surface area contributed by atoms with Crippen molar-refractivity contribution < 1.29 is 31.5 Å². The maximum atomic E-state index is 13.0. The Hall–Kier alpha value is -2.54. The van der Waals surface area contributed by atoms with E-state index < -0.39 is 33.7 Å². The zero-order valence-corrected chi connectivity index (χ0v) is 21.9. The second-order valence-electron chi connectivity index (χ2n) is 9.08. The molecule has 1 amide bonds. The number of benzene rings is 2. The Balaban J connectivity index is 2.10. The topological polar surface area (TPSA) is 108 Å². The van der Waals surface area contributed by atoms with Crippen LogP contribution in [0.25, 0.3) is 21.2 Å². The lowest BCUT2D eigenvalue weighted by molar-refractivity contribution is -0.147. The molecule has 196 valence electrons. The normalized spacial score (nSPS) is 13.7. The highest BCUT2D eigenvalue weighted by Crippen LogP contribution is 2.38. The molecule has 1 atom stereocenters. The fourth-order valence-electron chi connectivity index (χ4n) is 3.50. The summed E-state index contributed by atoms with van der Waals surface area (Å²) in [5, 5.41) is 13.5. The first-order chi connectivity index (χ1) is 16.6. The molecule has 0 bridgehead atoms. The number of hydrogen-bond donors (Lipinski definition) is 3. The van der Waals surface area contributed by atoms with Crippen LogP contribution in [0.15, 0.2) is 41.3 Å². The van der Waals surface area contributed by atoms with Crippen LogP contribution >= 0.6 is 11.3 Å². The van der Waals surface area contributed by atoms with E-state index in [0.29, 0.717) is 27.9 Å². The van der Waals surface area contributed by atoms with E-state index in [1.165, 1.54) is 18.2 Å². The molecule has 7 nitrogen and oxygen atoms in total. The minimum absolute atomic E-state index is 0.0304. The van der Waals surface area contributed by atoms with Gasteiger partial charge in [0.15, 0.2) is 5.01 Å². The lowest BCUT2D eigenvalue weighted by atomic mass is 10.0. The summed E-state index contributed by atoms with van der Waals surface area (Å²) in [6.45, 7) is 5.86. The van der Waals surface area contributed by atoms with Crippen LogP contribution in [0.1, 0.15) is 49.6 Å². The maximum absolute atomic E-state index is 13.0. The number of amides is 1.